The Hall–Kier alpha value is -2.37. The molecule has 1 aliphatic rings. The Morgan fingerprint density at radius 2 is 1.58 bits per heavy atom. The zero-order chi connectivity index (χ0) is 17.5. The van der Waals surface area contributed by atoms with Crippen LogP contribution in [0.4, 0.5) is 17.6 Å². The van der Waals surface area contributed by atoms with Gasteiger partial charge in [-0.3, -0.25) is 0 Å². The fourth-order valence-electron chi connectivity index (χ4n) is 2.91. The lowest BCUT2D eigenvalue weighted by atomic mass is 9.85. The van der Waals surface area contributed by atoms with Gasteiger partial charge in [-0.25, -0.2) is 4.39 Å². The summed E-state index contributed by atoms with van der Waals surface area (Å²) in [5, 5.41) is 3.67. The molecular formula is C18H15F4NO. The first-order valence-corrected chi connectivity index (χ1v) is 7.38. The summed E-state index contributed by atoms with van der Waals surface area (Å²) in [5.41, 5.74) is -0.514. The zero-order valence-corrected chi connectivity index (χ0v) is 13.1. The van der Waals surface area contributed by atoms with Gasteiger partial charge in [-0.1, -0.05) is 46.6 Å². The Morgan fingerprint density at radius 3 is 2.12 bits per heavy atom. The van der Waals surface area contributed by atoms with Crippen LogP contribution < -0.4 is 0 Å². The number of oxime groups is 1. The van der Waals surface area contributed by atoms with Crippen molar-refractivity contribution < 1.29 is 22.4 Å². The van der Waals surface area contributed by atoms with Crippen molar-refractivity contribution in [1.29, 1.82) is 0 Å². The van der Waals surface area contributed by atoms with E-state index in [1.807, 2.05) is 0 Å². The third-order valence-corrected chi connectivity index (χ3v) is 4.05. The molecule has 2 aromatic rings. The van der Waals surface area contributed by atoms with Crippen molar-refractivity contribution in [2.75, 3.05) is 0 Å². The average molecular weight is 337 g/mol. The highest BCUT2D eigenvalue weighted by atomic mass is 19.4. The molecule has 2 nitrogen and oxygen atoms in total. The third-order valence-electron chi connectivity index (χ3n) is 4.05. The second-order valence-electron chi connectivity index (χ2n) is 6.01. The molecule has 1 unspecified atom stereocenters. The van der Waals surface area contributed by atoms with E-state index in [0.717, 1.165) is 0 Å². The third kappa shape index (κ3) is 2.77. The van der Waals surface area contributed by atoms with Crippen molar-refractivity contribution in [2.45, 2.75) is 32.0 Å². The number of nitrogens with zero attached hydrogens (tertiary/aromatic N) is 1. The van der Waals surface area contributed by atoms with Crippen LogP contribution in [0.5, 0.6) is 0 Å². The van der Waals surface area contributed by atoms with Gasteiger partial charge in [0.15, 0.2) is 0 Å². The Morgan fingerprint density at radius 1 is 1.00 bits per heavy atom. The van der Waals surface area contributed by atoms with E-state index >= 15 is 0 Å². The summed E-state index contributed by atoms with van der Waals surface area (Å²) >= 11 is 0. The monoisotopic (exact) mass is 337 g/mol. The summed E-state index contributed by atoms with van der Waals surface area (Å²) in [7, 11) is 0. The van der Waals surface area contributed by atoms with E-state index in [-0.39, 0.29) is 11.3 Å². The molecule has 0 aromatic heterocycles. The standard InChI is InChI=1S/C18H15F4NO/c1-11-7-12(2)9-14(8-11)17(18(20,21)22)10-16(23-24-17)13-3-5-15(19)6-4-13/h3-9H,10H2,1-2H3. The maximum absolute atomic E-state index is 13.9. The van der Waals surface area contributed by atoms with Gasteiger partial charge in [0.1, 0.15) is 5.82 Å². The molecule has 6 heteroatoms. The number of benzene rings is 2. The molecule has 1 aliphatic heterocycles. The Labute approximate surface area is 136 Å². The van der Waals surface area contributed by atoms with Gasteiger partial charge in [-0.05, 0) is 31.5 Å². The minimum absolute atomic E-state index is 0.0216. The number of rotatable bonds is 2. The summed E-state index contributed by atoms with van der Waals surface area (Å²) in [6.45, 7) is 3.47. The van der Waals surface area contributed by atoms with Crippen molar-refractivity contribution >= 4 is 5.71 Å². The molecule has 0 saturated heterocycles. The highest BCUT2D eigenvalue weighted by molar-refractivity contribution is 6.01. The van der Waals surface area contributed by atoms with Crippen LogP contribution in [0.3, 0.4) is 0 Å². The second kappa shape index (κ2) is 5.61. The number of alkyl halides is 3. The van der Waals surface area contributed by atoms with Crippen LogP contribution in [0.25, 0.3) is 0 Å². The van der Waals surface area contributed by atoms with E-state index in [1.54, 1.807) is 19.9 Å². The van der Waals surface area contributed by atoms with Crippen LogP contribution in [-0.2, 0) is 10.4 Å². The van der Waals surface area contributed by atoms with Crippen LogP contribution in [-0.4, -0.2) is 11.9 Å². The summed E-state index contributed by atoms with van der Waals surface area (Å²) < 4.78 is 54.6. The molecule has 0 radical (unpaired) electrons. The quantitative estimate of drug-likeness (QED) is 0.705. The first kappa shape index (κ1) is 16.5. The van der Waals surface area contributed by atoms with Crippen LogP contribution in [0.1, 0.15) is 28.7 Å². The lowest BCUT2D eigenvalue weighted by molar-refractivity contribution is -0.275. The van der Waals surface area contributed by atoms with Gasteiger partial charge in [0, 0.05) is 12.0 Å². The summed E-state index contributed by atoms with van der Waals surface area (Å²) in [6, 6.07) is 9.87. The van der Waals surface area contributed by atoms with Gasteiger partial charge < -0.3 is 4.84 Å². The lowest BCUT2D eigenvalue weighted by Gasteiger charge is -2.30. The topological polar surface area (TPSA) is 21.6 Å². The van der Waals surface area contributed by atoms with E-state index < -0.39 is 24.0 Å². The first-order chi connectivity index (χ1) is 11.2. The minimum atomic E-state index is -4.64. The fraction of sp³-hybridized carbons (Fsp3) is 0.278. The lowest BCUT2D eigenvalue weighted by Crippen LogP contribution is -2.42. The molecule has 24 heavy (non-hydrogen) atoms. The van der Waals surface area contributed by atoms with Gasteiger partial charge >= 0.3 is 6.18 Å². The van der Waals surface area contributed by atoms with Gasteiger partial charge in [0.2, 0.25) is 0 Å². The van der Waals surface area contributed by atoms with Crippen LogP contribution in [0, 0.1) is 19.7 Å². The molecule has 126 valence electrons. The highest BCUT2D eigenvalue weighted by Crippen LogP contribution is 2.49. The molecule has 0 amide bonds. The summed E-state index contributed by atoms with van der Waals surface area (Å²) in [6.07, 6.45) is -5.09. The molecule has 1 heterocycles. The smallest absolute Gasteiger partial charge is 0.374 e. The normalized spacial score (nSPS) is 20.7. The Kier molecular flexibility index (Phi) is 3.86. The molecule has 0 spiro atoms. The van der Waals surface area contributed by atoms with Crippen molar-refractivity contribution in [3.05, 3.63) is 70.5 Å². The minimum Gasteiger partial charge on any atom is -0.374 e. The molecule has 1 atom stereocenters. The molecule has 0 fully saturated rings. The number of hydrogen-bond acceptors (Lipinski definition) is 2. The number of aryl methyl sites for hydroxylation is 2. The zero-order valence-electron chi connectivity index (χ0n) is 13.1. The Bertz CT molecular complexity index is 775. The van der Waals surface area contributed by atoms with Crippen molar-refractivity contribution in [1.82, 2.24) is 0 Å². The van der Waals surface area contributed by atoms with E-state index in [1.165, 1.54) is 36.4 Å². The van der Waals surface area contributed by atoms with Crippen molar-refractivity contribution in [3.8, 4) is 0 Å². The molecule has 0 saturated carbocycles. The van der Waals surface area contributed by atoms with Crippen LogP contribution in [0.15, 0.2) is 47.6 Å². The van der Waals surface area contributed by atoms with Crippen LogP contribution in [0.2, 0.25) is 0 Å². The van der Waals surface area contributed by atoms with E-state index in [0.29, 0.717) is 16.7 Å². The molecule has 0 bridgehead atoms. The first-order valence-electron chi connectivity index (χ1n) is 7.38. The molecular weight excluding hydrogens is 322 g/mol. The highest BCUT2D eigenvalue weighted by Gasteiger charge is 2.62. The summed E-state index contributed by atoms with van der Waals surface area (Å²) in [5.74, 6) is -0.463. The molecule has 0 N–H and O–H groups in total. The van der Waals surface area contributed by atoms with E-state index in [4.69, 9.17) is 4.84 Å². The van der Waals surface area contributed by atoms with Gasteiger partial charge in [-0.2, -0.15) is 13.2 Å². The average Bonchev–Trinajstić information content (AvgIpc) is 2.93. The van der Waals surface area contributed by atoms with E-state index in [9.17, 15) is 17.6 Å². The number of halogens is 4. The van der Waals surface area contributed by atoms with Gasteiger partial charge in [-0.15, -0.1) is 0 Å². The molecule has 2 aromatic carbocycles. The predicted molar refractivity (Wildman–Crippen MR) is 82.3 cm³/mol. The molecule has 0 aliphatic carbocycles. The van der Waals surface area contributed by atoms with Crippen molar-refractivity contribution in [2.24, 2.45) is 5.16 Å². The SMILES string of the molecule is Cc1cc(C)cc(C2(C(F)(F)F)CC(c3ccc(F)cc3)=NO2)c1. The van der Waals surface area contributed by atoms with Gasteiger partial charge in [0.05, 0.1) is 5.71 Å². The number of hydrogen-bond donors (Lipinski definition) is 0. The van der Waals surface area contributed by atoms with Gasteiger partial charge in [0.25, 0.3) is 5.60 Å². The van der Waals surface area contributed by atoms with Crippen molar-refractivity contribution in [3.63, 3.8) is 0 Å². The van der Waals surface area contributed by atoms with Crippen LogP contribution >= 0.6 is 0 Å². The molecule has 3 rings (SSSR count). The largest absolute Gasteiger partial charge is 0.435 e. The predicted octanol–water partition coefficient (Wildman–Crippen LogP) is 5.02. The maximum atomic E-state index is 13.9. The second-order valence-corrected chi connectivity index (χ2v) is 6.01. The maximum Gasteiger partial charge on any atom is 0.435 e. The fourth-order valence-corrected chi connectivity index (χ4v) is 2.91. The summed E-state index contributed by atoms with van der Waals surface area (Å²) in [4.78, 5) is 4.97. The van der Waals surface area contributed by atoms with E-state index in [2.05, 4.69) is 5.16 Å². The Balaban J connectivity index is 2.03.